The normalized spacial score (nSPS) is 53.2. The molecule has 0 radical (unpaired) electrons. The van der Waals surface area contributed by atoms with Gasteiger partial charge in [-0.05, 0) is 124 Å². The highest BCUT2D eigenvalue weighted by Crippen LogP contribution is 2.76. The number of hydrogen-bond donors (Lipinski definition) is 18. The van der Waals surface area contributed by atoms with Crippen LogP contribution in [0.5, 0.6) is 0 Å². The molecule has 0 aromatic carbocycles. The van der Waals surface area contributed by atoms with Crippen molar-refractivity contribution in [3.05, 3.63) is 11.6 Å². The molecule has 4 aliphatic carbocycles. The van der Waals surface area contributed by atoms with Gasteiger partial charge in [-0.3, -0.25) is 0 Å². The van der Waals surface area contributed by atoms with Gasteiger partial charge in [0.05, 0.1) is 57.5 Å². The van der Waals surface area contributed by atoms with E-state index in [9.17, 15) is 91.9 Å². The summed E-state index contributed by atoms with van der Waals surface area (Å²) in [6.07, 6.45) is -38.2. The van der Waals surface area contributed by atoms with Gasteiger partial charge in [0, 0.05) is 0 Å². The van der Waals surface area contributed by atoms with Crippen LogP contribution in [-0.4, -0.2) is 315 Å². The molecule has 538 valence electrons. The van der Waals surface area contributed by atoms with Crippen LogP contribution in [-0.2, 0) is 56.8 Å². The second-order valence-corrected chi connectivity index (χ2v) is 30.0. The second kappa shape index (κ2) is 28.9. The van der Waals surface area contributed by atoms with Gasteiger partial charge in [0.15, 0.2) is 37.7 Å². The maximum Gasteiger partial charge on any atom is 0.187 e. The summed E-state index contributed by atoms with van der Waals surface area (Å²) in [6, 6.07) is 0. The van der Waals surface area contributed by atoms with Crippen molar-refractivity contribution in [2.75, 3.05) is 39.6 Å². The summed E-state index contributed by atoms with van der Waals surface area (Å²) >= 11 is 0. The molecule has 10 fully saturated rings. The average Bonchev–Trinajstić information content (AvgIpc) is 1.65. The molecule has 0 aromatic rings. The SMILES string of the molecule is CC(C)=CCC[C@](C)(O[C@@H]1O[C@H](CO[C@@H]2OC[C@H](O[C@@H]3OC[C@@H](O)[C@H](O)[C@H]3O)[C@H](O)[C@H]2O)[C@@H](O)[C@H](O)[C@H]1O)[C@H]1CC[C@]2(C)[C@@H]1[C@H](O)C[C@@H]1[C@@]3(C)CC[C@H](O[C@@H]4O[C@H](CO)[C@@H](O)[C@H](O)[C@H]4O[C@@H]4O[C@H](CO)[C@@H](O)[C@H](O)[C@H]4O[C@@H]4OC[C@@H](O)[C@H](O)[C@H]4O)C(C)(C)[C@@H]3CC[C@]12C. The maximum atomic E-state index is 13.0. The summed E-state index contributed by atoms with van der Waals surface area (Å²) in [4.78, 5) is 0. The van der Waals surface area contributed by atoms with Crippen molar-refractivity contribution >= 4 is 0 Å². The van der Waals surface area contributed by atoms with Crippen molar-refractivity contribution < 1.29 is 149 Å². The third-order valence-electron chi connectivity index (χ3n) is 24.0. The summed E-state index contributed by atoms with van der Waals surface area (Å²) in [5.41, 5.74) is -1.95. The first kappa shape index (κ1) is 74.2. The summed E-state index contributed by atoms with van der Waals surface area (Å²) in [5.74, 6) is -0.715. The van der Waals surface area contributed by atoms with Gasteiger partial charge in [0.1, 0.15) is 128 Å². The first-order valence-corrected chi connectivity index (χ1v) is 33.1. The fourth-order valence-corrected chi connectivity index (χ4v) is 18.3. The van der Waals surface area contributed by atoms with Crippen molar-refractivity contribution in [3.63, 3.8) is 0 Å². The molecule has 6 aliphatic heterocycles. The Balaban J connectivity index is 0.837. The molecule has 37 atom stereocenters. The lowest BCUT2D eigenvalue weighted by Crippen LogP contribution is -2.68. The Morgan fingerprint density at radius 1 is 0.484 bits per heavy atom. The van der Waals surface area contributed by atoms with Crippen LogP contribution in [0.1, 0.15) is 113 Å². The average molecular weight is 1340 g/mol. The van der Waals surface area contributed by atoms with Crippen molar-refractivity contribution in [3.8, 4) is 0 Å². The zero-order valence-corrected chi connectivity index (χ0v) is 54.2. The van der Waals surface area contributed by atoms with Gasteiger partial charge >= 0.3 is 0 Å². The summed E-state index contributed by atoms with van der Waals surface area (Å²) < 4.78 is 72.4. The van der Waals surface area contributed by atoms with E-state index in [0.29, 0.717) is 44.9 Å². The number of allylic oxidation sites excluding steroid dienone is 2. The maximum absolute atomic E-state index is 13.0. The van der Waals surface area contributed by atoms with E-state index in [1.165, 1.54) is 0 Å². The second-order valence-electron chi connectivity index (χ2n) is 30.0. The van der Waals surface area contributed by atoms with E-state index in [0.717, 1.165) is 18.4 Å². The fourth-order valence-electron chi connectivity index (χ4n) is 18.3. The van der Waals surface area contributed by atoms with Gasteiger partial charge in [-0.25, -0.2) is 0 Å². The van der Waals surface area contributed by atoms with Gasteiger partial charge in [-0.15, -0.1) is 0 Å². The first-order chi connectivity index (χ1) is 43.7. The van der Waals surface area contributed by atoms with E-state index in [4.69, 9.17) is 56.8 Å². The Bertz CT molecular complexity index is 2480. The lowest BCUT2D eigenvalue weighted by atomic mass is 9.35. The monoisotopic (exact) mass is 1340 g/mol. The predicted octanol–water partition coefficient (Wildman–Crippen LogP) is -4.64. The smallest absolute Gasteiger partial charge is 0.187 e. The topological polar surface area (TPSA) is 475 Å². The van der Waals surface area contributed by atoms with E-state index >= 15 is 0 Å². The van der Waals surface area contributed by atoms with Crippen molar-refractivity contribution in [1.29, 1.82) is 0 Å². The Morgan fingerprint density at radius 3 is 1.57 bits per heavy atom. The molecule has 93 heavy (non-hydrogen) atoms. The predicted molar refractivity (Wildman–Crippen MR) is 313 cm³/mol. The fraction of sp³-hybridized carbons (Fsp3) is 0.968. The highest BCUT2D eigenvalue weighted by atomic mass is 16.8. The highest BCUT2D eigenvalue weighted by Gasteiger charge is 2.72. The minimum Gasteiger partial charge on any atom is -0.394 e. The number of rotatable bonds is 19. The minimum atomic E-state index is -1.90. The molecule has 0 amide bonds. The van der Waals surface area contributed by atoms with E-state index in [-0.39, 0.29) is 42.3 Å². The number of hydrogen-bond acceptors (Lipinski definition) is 30. The molecule has 0 bridgehead atoms. The Labute approximate surface area is 540 Å². The van der Waals surface area contributed by atoms with Crippen LogP contribution in [0.3, 0.4) is 0 Å². The van der Waals surface area contributed by atoms with E-state index in [1.807, 2.05) is 20.8 Å². The molecular weight excluding hydrogens is 1240 g/mol. The molecule has 0 aromatic heterocycles. The molecule has 10 aliphatic rings. The van der Waals surface area contributed by atoms with Gasteiger partial charge in [0.2, 0.25) is 0 Å². The van der Waals surface area contributed by atoms with Crippen molar-refractivity contribution in [2.24, 2.45) is 45.3 Å². The molecular formula is C63H106O30. The third-order valence-corrected chi connectivity index (χ3v) is 24.0. The quantitative estimate of drug-likeness (QED) is 0.0427. The van der Waals surface area contributed by atoms with Crippen molar-refractivity contribution in [1.82, 2.24) is 0 Å². The molecule has 0 unspecified atom stereocenters. The number of ether oxygens (including phenoxy) is 12. The zero-order chi connectivity index (χ0) is 67.9. The molecule has 30 heteroatoms. The van der Waals surface area contributed by atoms with E-state index < -0.39 is 226 Å². The van der Waals surface area contributed by atoms with Crippen LogP contribution in [0.15, 0.2) is 11.6 Å². The number of aliphatic hydroxyl groups is 18. The van der Waals surface area contributed by atoms with Gasteiger partial charge in [-0.1, -0.05) is 46.3 Å². The van der Waals surface area contributed by atoms with Crippen LogP contribution >= 0.6 is 0 Å². The van der Waals surface area contributed by atoms with Crippen LogP contribution in [0, 0.1) is 45.3 Å². The van der Waals surface area contributed by atoms with E-state index in [2.05, 4.69) is 40.7 Å². The van der Waals surface area contributed by atoms with Crippen LogP contribution in [0.2, 0.25) is 0 Å². The largest absolute Gasteiger partial charge is 0.394 e. The molecule has 4 saturated carbocycles. The van der Waals surface area contributed by atoms with Crippen LogP contribution in [0.25, 0.3) is 0 Å². The Morgan fingerprint density at radius 2 is 0.989 bits per heavy atom. The molecule has 0 spiro atoms. The first-order valence-electron chi connectivity index (χ1n) is 33.1. The van der Waals surface area contributed by atoms with Gasteiger partial charge in [0.25, 0.3) is 0 Å². The molecule has 30 nitrogen and oxygen atoms in total. The van der Waals surface area contributed by atoms with Crippen LogP contribution in [0.4, 0.5) is 0 Å². The lowest BCUT2D eigenvalue weighted by molar-refractivity contribution is -0.395. The molecule has 6 saturated heterocycles. The summed E-state index contributed by atoms with van der Waals surface area (Å²) in [5, 5.41) is 197. The summed E-state index contributed by atoms with van der Waals surface area (Å²) in [7, 11) is 0. The molecule has 10 rings (SSSR count). The highest BCUT2D eigenvalue weighted by molar-refractivity contribution is 5.21. The Kier molecular flexibility index (Phi) is 23.1. The number of aliphatic hydroxyl groups excluding tert-OH is 18. The van der Waals surface area contributed by atoms with Gasteiger partial charge in [-0.2, -0.15) is 0 Å². The molecule has 6 heterocycles. The van der Waals surface area contributed by atoms with E-state index in [1.54, 1.807) is 0 Å². The van der Waals surface area contributed by atoms with Crippen LogP contribution < -0.4 is 0 Å². The van der Waals surface area contributed by atoms with Gasteiger partial charge < -0.3 is 149 Å². The minimum absolute atomic E-state index is 0.0258. The third kappa shape index (κ3) is 13.7. The lowest BCUT2D eigenvalue weighted by Gasteiger charge is -2.71. The zero-order valence-electron chi connectivity index (χ0n) is 54.2. The standard InChI is InChI=1S/C63H106O30/c1-25(2)10-9-14-63(8,93-56-50(81)44(75)42(73)32(89-56)23-84-53-49(80)43(74)33(24-85-53)88-54-47(78)38(69)28(67)21-82-54)26-11-16-62(7)37(26)27(66)18-35-60(5)15-13-36(59(3,4)34(60)12-17-61(35,62)6)90-57-51(45(76)40(71)30(19-64)86-57)92-58-52(46(77)41(72)31(20-65)87-58)91-55-48(79)39(70)29(68)22-83-55/h10,26-58,64-81H,9,11-24H2,1-8H3/t26-,27+,28+,29+,30+,31+,32+,33-,34-,35+,36-,37-,38-,39-,40+,41+,42+,43-,44-,45-,46-,47+,48+,49+,50+,51+,52+,53+,54-,55-,56-,57-,58-,60-,61+,62+,63-/m0/s1. The van der Waals surface area contributed by atoms with Crippen molar-refractivity contribution in [2.45, 2.75) is 297 Å². The number of fused-ring (bicyclic) bond motifs is 5. The molecule has 18 N–H and O–H groups in total. The Hall–Kier alpha value is -1.46. The summed E-state index contributed by atoms with van der Waals surface area (Å²) in [6.45, 7) is 13.7.